The van der Waals surface area contributed by atoms with Gasteiger partial charge >= 0.3 is 11.9 Å². The summed E-state index contributed by atoms with van der Waals surface area (Å²) in [5.74, 6) is -1.86. The first-order chi connectivity index (χ1) is 7.47. The summed E-state index contributed by atoms with van der Waals surface area (Å²) in [7, 11) is 1.55. The molecule has 0 bridgehead atoms. The fourth-order valence-electron chi connectivity index (χ4n) is 1.33. The van der Waals surface area contributed by atoms with E-state index in [4.69, 9.17) is 9.84 Å². The molecule has 1 aromatic carbocycles. The van der Waals surface area contributed by atoms with Gasteiger partial charge in [-0.25, -0.2) is 4.79 Å². The van der Waals surface area contributed by atoms with Crippen molar-refractivity contribution in [3.05, 3.63) is 23.3 Å². The lowest BCUT2D eigenvalue weighted by atomic mass is 10.1. The number of hydrogen-bond acceptors (Lipinski definition) is 3. The minimum atomic E-state index is -1.51. The van der Waals surface area contributed by atoms with Gasteiger partial charge in [0, 0.05) is 5.69 Å². The molecule has 0 fully saturated rings. The molecule has 0 radical (unpaired) electrons. The van der Waals surface area contributed by atoms with Crippen LogP contribution >= 0.6 is 0 Å². The minimum Gasteiger partial charge on any atom is -0.496 e. The second-order valence-electron chi connectivity index (χ2n) is 3.32. The molecule has 5 heteroatoms. The van der Waals surface area contributed by atoms with Crippen molar-refractivity contribution >= 4 is 17.6 Å². The zero-order chi connectivity index (χ0) is 12.3. The summed E-state index contributed by atoms with van der Waals surface area (Å²) in [6, 6.07) is 3.29. The predicted molar refractivity (Wildman–Crippen MR) is 58.7 cm³/mol. The van der Waals surface area contributed by atoms with Gasteiger partial charge in [-0.1, -0.05) is 0 Å². The van der Waals surface area contributed by atoms with Crippen molar-refractivity contribution < 1.29 is 19.4 Å². The highest BCUT2D eigenvalue weighted by atomic mass is 16.5. The number of carboxylic acid groups (broad SMARTS) is 1. The second-order valence-corrected chi connectivity index (χ2v) is 3.32. The molecule has 2 N–H and O–H groups in total. The van der Waals surface area contributed by atoms with Crippen LogP contribution in [0.2, 0.25) is 0 Å². The third kappa shape index (κ3) is 2.31. The first-order valence-electron chi connectivity index (χ1n) is 4.65. The van der Waals surface area contributed by atoms with Crippen molar-refractivity contribution in [2.45, 2.75) is 13.8 Å². The van der Waals surface area contributed by atoms with Gasteiger partial charge in [0.15, 0.2) is 0 Å². The summed E-state index contributed by atoms with van der Waals surface area (Å²) in [6.07, 6.45) is 0. The third-order valence-electron chi connectivity index (χ3n) is 2.40. The number of benzene rings is 1. The summed E-state index contributed by atoms with van der Waals surface area (Å²) < 4.78 is 5.10. The van der Waals surface area contributed by atoms with Gasteiger partial charge < -0.3 is 15.2 Å². The molecule has 1 aromatic rings. The molecule has 0 saturated carbocycles. The standard InChI is InChI=1S/C11H13NO4/c1-6-7(2)9(16-3)5-4-8(6)12-10(13)11(14)15/h4-5H,1-3H3,(H,12,13)(H,14,15). The van der Waals surface area contributed by atoms with Gasteiger partial charge in [0.1, 0.15) is 5.75 Å². The lowest BCUT2D eigenvalue weighted by Gasteiger charge is -2.12. The number of carbonyl (C=O) groups is 2. The van der Waals surface area contributed by atoms with E-state index in [1.165, 1.54) is 0 Å². The summed E-state index contributed by atoms with van der Waals surface area (Å²) >= 11 is 0. The molecule has 0 aliphatic carbocycles. The summed E-state index contributed by atoms with van der Waals surface area (Å²) in [6.45, 7) is 3.62. The Morgan fingerprint density at radius 2 is 1.88 bits per heavy atom. The maximum absolute atomic E-state index is 11.0. The van der Waals surface area contributed by atoms with Gasteiger partial charge in [0.25, 0.3) is 0 Å². The molecule has 0 saturated heterocycles. The number of rotatable bonds is 2. The van der Waals surface area contributed by atoms with Gasteiger partial charge in [-0.3, -0.25) is 4.79 Å². The van der Waals surface area contributed by atoms with Crippen LogP contribution in [-0.2, 0) is 9.59 Å². The van der Waals surface area contributed by atoms with E-state index in [1.54, 1.807) is 26.2 Å². The van der Waals surface area contributed by atoms with Crippen LogP contribution < -0.4 is 10.1 Å². The first-order valence-corrected chi connectivity index (χ1v) is 4.65. The molecule has 1 rings (SSSR count). The van der Waals surface area contributed by atoms with Crippen molar-refractivity contribution in [3.8, 4) is 5.75 Å². The van der Waals surface area contributed by atoms with Gasteiger partial charge in [0.05, 0.1) is 7.11 Å². The van der Waals surface area contributed by atoms with Crippen molar-refractivity contribution in [2.24, 2.45) is 0 Å². The lowest BCUT2D eigenvalue weighted by molar-refractivity contribution is -0.147. The average molecular weight is 223 g/mol. The number of ether oxygens (including phenoxy) is 1. The van der Waals surface area contributed by atoms with E-state index in [0.717, 1.165) is 11.1 Å². The molecule has 0 aliphatic heterocycles. The van der Waals surface area contributed by atoms with E-state index in [1.807, 2.05) is 6.92 Å². The largest absolute Gasteiger partial charge is 0.496 e. The number of methoxy groups -OCH3 is 1. The molecular weight excluding hydrogens is 210 g/mol. The average Bonchev–Trinajstić information content (AvgIpc) is 2.25. The van der Waals surface area contributed by atoms with E-state index in [0.29, 0.717) is 11.4 Å². The Kier molecular flexibility index (Phi) is 3.50. The maximum Gasteiger partial charge on any atom is 0.394 e. The van der Waals surface area contributed by atoms with Crippen LogP contribution in [0, 0.1) is 13.8 Å². The normalized spacial score (nSPS) is 9.69. The monoisotopic (exact) mass is 223 g/mol. The van der Waals surface area contributed by atoms with Crippen molar-refractivity contribution in [1.29, 1.82) is 0 Å². The van der Waals surface area contributed by atoms with Gasteiger partial charge in [-0.05, 0) is 37.1 Å². The summed E-state index contributed by atoms with van der Waals surface area (Å²) in [5.41, 5.74) is 2.13. The van der Waals surface area contributed by atoms with Crippen LogP contribution in [0.15, 0.2) is 12.1 Å². The molecule has 0 aromatic heterocycles. The van der Waals surface area contributed by atoms with Crippen LogP contribution in [0.5, 0.6) is 5.75 Å². The number of anilines is 1. The van der Waals surface area contributed by atoms with Crippen LogP contribution in [-0.4, -0.2) is 24.1 Å². The van der Waals surface area contributed by atoms with Crippen molar-refractivity contribution in [3.63, 3.8) is 0 Å². The van der Waals surface area contributed by atoms with Gasteiger partial charge in [0.2, 0.25) is 0 Å². The number of nitrogens with one attached hydrogen (secondary N) is 1. The van der Waals surface area contributed by atoms with Crippen molar-refractivity contribution in [2.75, 3.05) is 12.4 Å². The topological polar surface area (TPSA) is 75.6 Å². The van der Waals surface area contributed by atoms with Crippen molar-refractivity contribution in [1.82, 2.24) is 0 Å². The molecule has 16 heavy (non-hydrogen) atoms. The predicted octanol–water partition coefficient (Wildman–Crippen LogP) is 1.34. The maximum atomic E-state index is 11.0. The zero-order valence-corrected chi connectivity index (χ0v) is 9.33. The molecule has 1 amide bonds. The fourth-order valence-corrected chi connectivity index (χ4v) is 1.33. The Labute approximate surface area is 93.0 Å². The highest BCUT2D eigenvalue weighted by molar-refractivity contribution is 6.36. The number of aliphatic carboxylic acids is 1. The van der Waals surface area contributed by atoms with E-state index >= 15 is 0 Å². The van der Waals surface area contributed by atoms with Crippen LogP contribution in [0.3, 0.4) is 0 Å². The lowest BCUT2D eigenvalue weighted by Crippen LogP contribution is -2.22. The van der Waals surface area contributed by atoms with E-state index in [9.17, 15) is 9.59 Å². The van der Waals surface area contributed by atoms with Crippen LogP contribution in [0.1, 0.15) is 11.1 Å². The minimum absolute atomic E-state index is 0.478. The Morgan fingerprint density at radius 3 is 2.38 bits per heavy atom. The fraction of sp³-hybridized carbons (Fsp3) is 0.273. The molecule has 0 unspecified atom stereocenters. The number of carbonyl (C=O) groups excluding carboxylic acids is 1. The molecule has 5 nitrogen and oxygen atoms in total. The van der Waals surface area contributed by atoms with E-state index < -0.39 is 11.9 Å². The Balaban J connectivity index is 3.04. The highest BCUT2D eigenvalue weighted by Crippen LogP contribution is 2.27. The van der Waals surface area contributed by atoms with Gasteiger partial charge in [-0.15, -0.1) is 0 Å². The Hall–Kier alpha value is -2.04. The summed E-state index contributed by atoms with van der Waals surface area (Å²) in [5, 5.41) is 10.8. The van der Waals surface area contributed by atoms with Gasteiger partial charge in [-0.2, -0.15) is 0 Å². The molecule has 0 atom stereocenters. The molecular formula is C11H13NO4. The van der Waals surface area contributed by atoms with Crippen LogP contribution in [0.25, 0.3) is 0 Å². The van der Waals surface area contributed by atoms with Crippen LogP contribution in [0.4, 0.5) is 5.69 Å². The molecule has 0 aliphatic rings. The molecule has 86 valence electrons. The van der Waals surface area contributed by atoms with E-state index in [2.05, 4.69) is 5.32 Å². The highest BCUT2D eigenvalue weighted by Gasteiger charge is 2.14. The summed E-state index contributed by atoms with van der Waals surface area (Å²) in [4.78, 5) is 21.4. The smallest absolute Gasteiger partial charge is 0.394 e. The molecule has 0 heterocycles. The Morgan fingerprint density at radius 1 is 1.25 bits per heavy atom. The number of hydrogen-bond donors (Lipinski definition) is 2. The SMILES string of the molecule is COc1ccc(NC(=O)C(=O)O)c(C)c1C. The second kappa shape index (κ2) is 4.65. The number of carboxylic acids is 1. The zero-order valence-electron chi connectivity index (χ0n) is 9.33. The number of amides is 1. The third-order valence-corrected chi connectivity index (χ3v) is 2.40. The Bertz CT molecular complexity index is 440. The first kappa shape index (κ1) is 12.0. The quantitative estimate of drug-likeness (QED) is 0.742. The molecule has 0 spiro atoms. The van der Waals surface area contributed by atoms with E-state index in [-0.39, 0.29) is 0 Å².